The van der Waals surface area contributed by atoms with Gasteiger partial charge in [-0.3, -0.25) is 0 Å². The normalized spacial score (nSPS) is 11.8. The third-order valence-electron chi connectivity index (χ3n) is 3.75. The molecule has 0 N–H and O–H groups in total. The highest BCUT2D eigenvalue weighted by atomic mass is 16.5. The number of hydrogen-bond donors (Lipinski definition) is 0. The van der Waals surface area contributed by atoms with Crippen molar-refractivity contribution in [1.29, 1.82) is 0 Å². The minimum Gasteiger partial charge on any atom is -0.462 e. The molecule has 0 amide bonds. The van der Waals surface area contributed by atoms with Crippen molar-refractivity contribution < 1.29 is 19.1 Å². The van der Waals surface area contributed by atoms with Gasteiger partial charge in [0.25, 0.3) is 0 Å². The third-order valence-corrected chi connectivity index (χ3v) is 3.75. The Labute approximate surface area is 168 Å². The average molecular weight is 383 g/mol. The van der Waals surface area contributed by atoms with Crippen molar-refractivity contribution in [2.45, 2.75) is 39.5 Å². The number of allylic oxidation sites excluding steroid dienone is 6. The van der Waals surface area contributed by atoms with Crippen molar-refractivity contribution in [1.82, 2.24) is 0 Å². The lowest BCUT2D eigenvalue weighted by Gasteiger charge is -2.09. The highest BCUT2D eigenvalue weighted by molar-refractivity contribution is 6.03. The van der Waals surface area contributed by atoms with Crippen molar-refractivity contribution >= 4 is 11.9 Å². The van der Waals surface area contributed by atoms with E-state index in [1.165, 1.54) is 0 Å². The number of esters is 2. The quantitative estimate of drug-likeness (QED) is 0.259. The van der Waals surface area contributed by atoms with E-state index in [2.05, 4.69) is 0 Å². The van der Waals surface area contributed by atoms with Gasteiger partial charge in [0.2, 0.25) is 0 Å². The second-order valence-corrected chi connectivity index (χ2v) is 5.95. The molecule has 0 saturated carbocycles. The van der Waals surface area contributed by atoms with Gasteiger partial charge < -0.3 is 9.47 Å². The van der Waals surface area contributed by atoms with E-state index in [0.717, 1.165) is 12.8 Å². The Kier molecular flexibility index (Phi) is 12.6. The molecule has 0 atom stereocenters. The van der Waals surface area contributed by atoms with Gasteiger partial charge >= 0.3 is 11.9 Å². The first kappa shape index (κ1) is 23.2. The first-order chi connectivity index (χ1) is 13.7. The van der Waals surface area contributed by atoms with Gasteiger partial charge in [-0.25, -0.2) is 9.59 Å². The molecule has 4 heteroatoms. The highest BCUT2D eigenvalue weighted by Gasteiger charge is 2.18. The van der Waals surface area contributed by atoms with Crippen molar-refractivity contribution in [2.75, 3.05) is 13.2 Å². The van der Waals surface area contributed by atoms with Crippen LogP contribution in [0.2, 0.25) is 0 Å². The van der Waals surface area contributed by atoms with E-state index in [-0.39, 0.29) is 24.3 Å². The molecule has 0 aromatic heterocycles. The van der Waals surface area contributed by atoms with Crippen molar-refractivity contribution in [3.05, 3.63) is 84.0 Å². The molecule has 28 heavy (non-hydrogen) atoms. The second-order valence-electron chi connectivity index (χ2n) is 5.95. The number of ether oxygens (including phenoxy) is 2. The molecule has 0 unspecified atom stereocenters. The first-order valence-corrected chi connectivity index (χ1v) is 9.66. The molecular weight excluding hydrogens is 352 g/mol. The van der Waals surface area contributed by atoms with Crippen LogP contribution in [0.15, 0.2) is 72.9 Å². The molecule has 150 valence electrons. The summed E-state index contributed by atoms with van der Waals surface area (Å²) < 4.78 is 10.5. The molecular formula is C24H30O4. The van der Waals surface area contributed by atoms with Gasteiger partial charge in [0.1, 0.15) is 0 Å². The summed E-state index contributed by atoms with van der Waals surface area (Å²) in [5.74, 6) is -1.03. The summed E-state index contributed by atoms with van der Waals surface area (Å²) >= 11 is 0. The first-order valence-electron chi connectivity index (χ1n) is 9.66. The zero-order chi connectivity index (χ0) is 20.5. The molecule has 0 spiro atoms. The topological polar surface area (TPSA) is 52.6 Å². The number of hydrogen-bond acceptors (Lipinski definition) is 4. The Hall–Kier alpha value is -2.88. The number of rotatable bonds is 12. The summed E-state index contributed by atoms with van der Waals surface area (Å²) in [5, 5.41) is 0. The maximum absolute atomic E-state index is 12.3. The van der Waals surface area contributed by atoms with E-state index in [1.54, 1.807) is 24.3 Å². The van der Waals surface area contributed by atoms with Crippen LogP contribution in [0.1, 0.15) is 60.2 Å². The Balaban J connectivity index is 2.49. The predicted molar refractivity (Wildman–Crippen MR) is 113 cm³/mol. The van der Waals surface area contributed by atoms with Crippen molar-refractivity contribution in [2.24, 2.45) is 0 Å². The maximum Gasteiger partial charge on any atom is 0.339 e. The van der Waals surface area contributed by atoms with Crippen LogP contribution >= 0.6 is 0 Å². The Morgan fingerprint density at radius 2 is 1.14 bits per heavy atom. The van der Waals surface area contributed by atoms with Gasteiger partial charge in [0.05, 0.1) is 24.3 Å². The van der Waals surface area contributed by atoms with Crippen LogP contribution in [0.25, 0.3) is 0 Å². The van der Waals surface area contributed by atoms with Crippen LogP contribution < -0.4 is 0 Å². The molecule has 0 aliphatic carbocycles. The number of benzene rings is 1. The fourth-order valence-corrected chi connectivity index (χ4v) is 2.29. The van der Waals surface area contributed by atoms with Crippen LogP contribution in [0.5, 0.6) is 0 Å². The summed E-state index contributed by atoms with van der Waals surface area (Å²) in [5.41, 5.74) is 0.461. The summed E-state index contributed by atoms with van der Waals surface area (Å²) in [6.07, 6.45) is 19.0. The van der Waals surface area contributed by atoms with Gasteiger partial charge in [0, 0.05) is 0 Å². The average Bonchev–Trinajstić information content (AvgIpc) is 2.72. The van der Waals surface area contributed by atoms with E-state index in [4.69, 9.17) is 9.47 Å². The lowest BCUT2D eigenvalue weighted by molar-refractivity contribution is 0.0464. The molecule has 1 aromatic rings. The summed E-state index contributed by atoms with van der Waals surface area (Å²) in [6.45, 7) is 4.48. The number of carbonyl (C=O) groups excluding carboxylic acids is 2. The van der Waals surface area contributed by atoms with Gasteiger partial charge in [0.15, 0.2) is 0 Å². The van der Waals surface area contributed by atoms with Crippen LogP contribution in [-0.2, 0) is 9.47 Å². The Morgan fingerprint density at radius 1 is 0.714 bits per heavy atom. The van der Waals surface area contributed by atoms with Crippen LogP contribution in [-0.4, -0.2) is 25.2 Å². The summed E-state index contributed by atoms with van der Waals surface area (Å²) in [7, 11) is 0. The van der Waals surface area contributed by atoms with Crippen LogP contribution in [0.4, 0.5) is 0 Å². The van der Waals surface area contributed by atoms with Crippen molar-refractivity contribution in [3.8, 4) is 0 Å². The van der Waals surface area contributed by atoms with Gasteiger partial charge in [-0.2, -0.15) is 0 Å². The molecule has 1 rings (SSSR count). The fourth-order valence-electron chi connectivity index (χ4n) is 2.29. The standard InChI is InChI=1S/C24H30O4/c1-3-5-7-9-11-15-19-27-23(25)21-17-13-14-18-22(21)24(26)28-20-16-12-10-8-6-4-2/h3-6,9-14,17-18H,7-8,15-16,19-20H2,1-2H3/b5-3+,6-4+,11-9+,12-10+. The fraction of sp³-hybridized carbons (Fsp3) is 0.333. The zero-order valence-corrected chi connectivity index (χ0v) is 16.8. The molecule has 1 aromatic carbocycles. The molecule has 0 saturated heterocycles. The minimum absolute atomic E-state index is 0.231. The molecule has 0 heterocycles. The van der Waals surface area contributed by atoms with E-state index < -0.39 is 11.9 Å². The predicted octanol–water partition coefficient (Wildman–Crippen LogP) is 5.83. The smallest absolute Gasteiger partial charge is 0.339 e. The van der Waals surface area contributed by atoms with E-state index in [1.807, 2.05) is 62.5 Å². The molecule has 0 radical (unpaired) electrons. The SMILES string of the molecule is C/C=C/C/C=C/CCOC(=O)c1ccccc1C(=O)OCC/C=C/C/C=C/C. The molecule has 0 aliphatic heterocycles. The zero-order valence-electron chi connectivity index (χ0n) is 16.8. The van der Waals surface area contributed by atoms with Gasteiger partial charge in [-0.15, -0.1) is 0 Å². The minimum atomic E-state index is -0.513. The molecule has 4 nitrogen and oxygen atoms in total. The second kappa shape index (κ2) is 15.2. The van der Waals surface area contributed by atoms with Crippen LogP contribution in [0.3, 0.4) is 0 Å². The highest BCUT2D eigenvalue weighted by Crippen LogP contribution is 2.12. The third kappa shape index (κ3) is 9.72. The largest absolute Gasteiger partial charge is 0.462 e. The molecule has 0 fully saturated rings. The van der Waals surface area contributed by atoms with E-state index in [0.29, 0.717) is 12.8 Å². The van der Waals surface area contributed by atoms with E-state index in [9.17, 15) is 9.59 Å². The molecule has 0 aliphatic rings. The Morgan fingerprint density at radius 3 is 1.54 bits per heavy atom. The molecule has 0 bridgehead atoms. The van der Waals surface area contributed by atoms with Gasteiger partial charge in [-0.05, 0) is 51.7 Å². The van der Waals surface area contributed by atoms with Crippen molar-refractivity contribution in [3.63, 3.8) is 0 Å². The summed E-state index contributed by atoms with van der Waals surface area (Å²) in [6, 6.07) is 6.57. The Bertz CT molecular complexity index is 650. The van der Waals surface area contributed by atoms with Gasteiger partial charge in [-0.1, -0.05) is 60.7 Å². The maximum atomic E-state index is 12.3. The monoisotopic (exact) mass is 382 g/mol. The summed E-state index contributed by atoms with van der Waals surface area (Å²) in [4.78, 5) is 24.6. The lowest BCUT2D eigenvalue weighted by atomic mass is 10.1. The van der Waals surface area contributed by atoms with E-state index >= 15 is 0 Å². The number of carbonyl (C=O) groups is 2. The lowest BCUT2D eigenvalue weighted by Crippen LogP contribution is -2.14. The van der Waals surface area contributed by atoms with Crippen LogP contribution in [0, 0.1) is 0 Å².